The lowest BCUT2D eigenvalue weighted by atomic mass is 10.1. The molecule has 1 saturated heterocycles. The molecule has 0 aliphatic carbocycles. The Labute approximate surface area is 122 Å². The van der Waals surface area contributed by atoms with Crippen LogP contribution in [0.25, 0.3) is 10.9 Å². The normalized spacial score (nSPS) is 18.6. The van der Waals surface area contributed by atoms with Gasteiger partial charge in [0.15, 0.2) is 5.52 Å². The van der Waals surface area contributed by atoms with E-state index in [1.807, 2.05) is 0 Å². The van der Waals surface area contributed by atoms with Gasteiger partial charge in [0.05, 0.1) is 4.92 Å². The van der Waals surface area contributed by atoms with E-state index in [-0.39, 0.29) is 5.69 Å². The highest BCUT2D eigenvalue weighted by molar-refractivity contribution is 5.91. The first kappa shape index (κ1) is 13.8. The molecule has 21 heavy (non-hydrogen) atoms. The summed E-state index contributed by atoms with van der Waals surface area (Å²) in [4.78, 5) is 14.8. The molecule has 2 aromatic rings. The van der Waals surface area contributed by atoms with Crippen molar-refractivity contribution in [2.45, 2.75) is 25.3 Å². The highest BCUT2D eigenvalue weighted by Gasteiger charge is 2.17. The lowest BCUT2D eigenvalue weighted by Gasteiger charge is -2.23. The second kappa shape index (κ2) is 6.05. The standard InChI is InChI=1S/C15H17N3O3/c19-18(20)13-6-3-5-12-14(7-9-17-15(12)13)21-10-11-4-1-2-8-16-11/h3,5-7,9,11,16H,1-2,4,8,10H2. The molecule has 1 unspecified atom stereocenters. The Kier molecular flexibility index (Phi) is 3.96. The predicted molar refractivity (Wildman–Crippen MR) is 79.5 cm³/mol. The number of aromatic nitrogens is 1. The number of para-hydroxylation sites is 1. The van der Waals surface area contributed by atoms with Gasteiger partial charge in [-0.2, -0.15) is 0 Å². The maximum Gasteiger partial charge on any atom is 0.295 e. The lowest BCUT2D eigenvalue weighted by molar-refractivity contribution is -0.383. The fourth-order valence-electron chi connectivity index (χ4n) is 2.66. The van der Waals surface area contributed by atoms with E-state index in [1.54, 1.807) is 24.4 Å². The number of nitro benzene ring substituents is 1. The van der Waals surface area contributed by atoms with Gasteiger partial charge in [0.1, 0.15) is 12.4 Å². The van der Waals surface area contributed by atoms with Gasteiger partial charge in [-0.1, -0.05) is 12.5 Å². The number of rotatable bonds is 4. The highest BCUT2D eigenvalue weighted by Crippen LogP contribution is 2.30. The molecule has 1 aliphatic heterocycles. The summed E-state index contributed by atoms with van der Waals surface area (Å²) in [5.41, 5.74) is 0.380. The molecule has 6 heteroatoms. The van der Waals surface area contributed by atoms with Gasteiger partial charge in [-0.25, -0.2) is 4.98 Å². The van der Waals surface area contributed by atoms with E-state index >= 15 is 0 Å². The van der Waals surface area contributed by atoms with Crippen LogP contribution in [0.5, 0.6) is 5.75 Å². The number of hydrogen-bond acceptors (Lipinski definition) is 5. The van der Waals surface area contributed by atoms with Crippen molar-refractivity contribution in [2.75, 3.05) is 13.2 Å². The molecule has 2 heterocycles. The maximum absolute atomic E-state index is 11.0. The average molecular weight is 287 g/mol. The van der Waals surface area contributed by atoms with Crippen molar-refractivity contribution in [1.82, 2.24) is 10.3 Å². The molecule has 1 atom stereocenters. The maximum atomic E-state index is 11.0. The molecular weight excluding hydrogens is 270 g/mol. The van der Waals surface area contributed by atoms with Crippen LogP contribution in [0.2, 0.25) is 0 Å². The topological polar surface area (TPSA) is 77.3 Å². The third-order valence-corrected chi connectivity index (χ3v) is 3.76. The first-order chi connectivity index (χ1) is 10.3. The van der Waals surface area contributed by atoms with E-state index in [0.717, 1.165) is 13.0 Å². The van der Waals surface area contributed by atoms with Crippen molar-refractivity contribution in [3.8, 4) is 5.75 Å². The van der Waals surface area contributed by atoms with Crippen LogP contribution >= 0.6 is 0 Å². The van der Waals surface area contributed by atoms with Crippen molar-refractivity contribution in [3.05, 3.63) is 40.6 Å². The molecular formula is C15H17N3O3. The molecule has 110 valence electrons. The zero-order chi connectivity index (χ0) is 14.7. The Bertz CT molecular complexity index is 654. The van der Waals surface area contributed by atoms with E-state index in [9.17, 15) is 10.1 Å². The van der Waals surface area contributed by atoms with Crippen LogP contribution in [0.4, 0.5) is 5.69 Å². The number of hydrogen-bond donors (Lipinski definition) is 1. The number of non-ortho nitro benzene ring substituents is 1. The van der Waals surface area contributed by atoms with Gasteiger partial charge in [-0.3, -0.25) is 10.1 Å². The Hall–Kier alpha value is -2.21. The van der Waals surface area contributed by atoms with Gasteiger partial charge in [0.2, 0.25) is 0 Å². The van der Waals surface area contributed by atoms with Crippen molar-refractivity contribution >= 4 is 16.6 Å². The van der Waals surface area contributed by atoms with Gasteiger partial charge in [-0.05, 0) is 31.5 Å². The van der Waals surface area contributed by atoms with Crippen molar-refractivity contribution in [3.63, 3.8) is 0 Å². The summed E-state index contributed by atoms with van der Waals surface area (Å²) >= 11 is 0. The first-order valence-corrected chi connectivity index (χ1v) is 7.14. The summed E-state index contributed by atoms with van der Waals surface area (Å²) in [6.07, 6.45) is 5.08. The number of nitro groups is 1. The molecule has 1 aromatic carbocycles. The van der Waals surface area contributed by atoms with Gasteiger partial charge >= 0.3 is 0 Å². The third-order valence-electron chi connectivity index (χ3n) is 3.76. The molecule has 3 rings (SSSR count). The van der Waals surface area contributed by atoms with Crippen LogP contribution < -0.4 is 10.1 Å². The second-order valence-electron chi connectivity index (χ2n) is 5.20. The van der Waals surface area contributed by atoms with E-state index in [0.29, 0.717) is 29.3 Å². The van der Waals surface area contributed by atoms with Crippen LogP contribution in [0.3, 0.4) is 0 Å². The summed E-state index contributed by atoms with van der Waals surface area (Å²) in [6, 6.07) is 7.03. The summed E-state index contributed by atoms with van der Waals surface area (Å²) in [6.45, 7) is 1.60. The van der Waals surface area contributed by atoms with E-state index in [2.05, 4.69) is 10.3 Å². The second-order valence-corrected chi connectivity index (χ2v) is 5.20. The van der Waals surface area contributed by atoms with Crippen LogP contribution in [0.1, 0.15) is 19.3 Å². The first-order valence-electron chi connectivity index (χ1n) is 7.14. The fraction of sp³-hybridized carbons (Fsp3) is 0.400. The van der Waals surface area contributed by atoms with Crippen LogP contribution in [0, 0.1) is 10.1 Å². The Balaban J connectivity index is 1.85. The number of pyridine rings is 1. The molecule has 1 aromatic heterocycles. The monoisotopic (exact) mass is 287 g/mol. The van der Waals surface area contributed by atoms with Crippen LogP contribution in [-0.4, -0.2) is 29.1 Å². The number of ether oxygens (including phenoxy) is 1. The predicted octanol–water partition coefficient (Wildman–Crippen LogP) is 2.66. The van der Waals surface area contributed by atoms with E-state index < -0.39 is 4.92 Å². The summed E-state index contributed by atoms with van der Waals surface area (Å²) in [5, 5.41) is 15.1. The van der Waals surface area contributed by atoms with Crippen LogP contribution in [-0.2, 0) is 0 Å². The van der Waals surface area contributed by atoms with Gasteiger partial charge in [0, 0.05) is 23.7 Å². The van der Waals surface area contributed by atoms with Crippen molar-refractivity contribution in [1.29, 1.82) is 0 Å². The lowest BCUT2D eigenvalue weighted by Crippen LogP contribution is -2.38. The molecule has 6 nitrogen and oxygen atoms in total. The van der Waals surface area contributed by atoms with Crippen molar-refractivity contribution < 1.29 is 9.66 Å². The third kappa shape index (κ3) is 2.95. The number of fused-ring (bicyclic) bond motifs is 1. The highest BCUT2D eigenvalue weighted by atomic mass is 16.6. The molecule has 0 spiro atoms. The minimum atomic E-state index is -0.415. The summed E-state index contributed by atoms with van der Waals surface area (Å²) in [5.74, 6) is 0.649. The fourth-order valence-corrected chi connectivity index (χ4v) is 2.66. The Morgan fingerprint density at radius 1 is 1.38 bits per heavy atom. The molecule has 1 fully saturated rings. The quantitative estimate of drug-likeness (QED) is 0.691. The smallest absolute Gasteiger partial charge is 0.295 e. The van der Waals surface area contributed by atoms with Gasteiger partial charge < -0.3 is 10.1 Å². The molecule has 0 saturated carbocycles. The van der Waals surface area contributed by atoms with Gasteiger partial charge in [0.25, 0.3) is 5.69 Å². The average Bonchev–Trinajstić information content (AvgIpc) is 2.53. The number of nitrogens with one attached hydrogen (secondary N) is 1. The zero-order valence-corrected chi connectivity index (χ0v) is 11.6. The largest absolute Gasteiger partial charge is 0.491 e. The van der Waals surface area contributed by atoms with Gasteiger partial charge in [-0.15, -0.1) is 0 Å². The Morgan fingerprint density at radius 3 is 3.05 bits per heavy atom. The molecule has 0 amide bonds. The van der Waals surface area contributed by atoms with E-state index in [1.165, 1.54) is 18.9 Å². The zero-order valence-electron chi connectivity index (χ0n) is 11.6. The number of nitrogens with zero attached hydrogens (tertiary/aromatic N) is 2. The number of piperidine rings is 1. The SMILES string of the molecule is O=[N+]([O-])c1cccc2c(OCC3CCCCN3)ccnc12. The number of benzene rings is 1. The minimum Gasteiger partial charge on any atom is -0.491 e. The summed E-state index contributed by atoms with van der Waals surface area (Å²) < 4.78 is 5.87. The van der Waals surface area contributed by atoms with Crippen molar-refractivity contribution in [2.24, 2.45) is 0 Å². The van der Waals surface area contributed by atoms with E-state index in [4.69, 9.17) is 4.74 Å². The Morgan fingerprint density at radius 2 is 2.29 bits per heavy atom. The molecule has 0 bridgehead atoms. The minimum absolute atomic E-state index is 0.00809. The molecule has 0 radical (unpaired) electrons. The molecule has 1 N–H and O–H groups in total. The van der Waals surface area contributed by atoms with Crippen LogP contribution in [0.15, 0.2) is 30.5 Å². The summed E-state index contributed by atoms with van der Waals surface area (Å²) in [7, 11) is 0. The molecule has 1 aliphatic rings.